The van der Waals surface area contributed by atoms with Gasteiger partial charge in [0.25, 0.3) is 0 Å². The molecule has 0 fully saturated rings. The van der Waals surface area contributed by atoms with Crippen molar-refractivity contribution < 1.29 is 5.11 Å². The third kappa shape index (κ3) is 4.34. The van der Waals surface area contributed by atoms with E-state index in [-0.39, 0.29) is 0 Å². The van der Waals surface area contributed by atoms with Crippen LogP contribution in [-0.2, 0) is 5.72 Å². The van der Waals surface area contributed by atoms with Gasteiger partial charge in [-0.1, -0.05) is 81.7 Å². The lowest BCUT2D eigenvalue weighted by Gasteiger charge is -2.40. The molecule has 4 heteroatoms. The molecule has 0 saturated heterocycles. The van der Waals surface area contributed by atoms with Crippen LogP contribution in [0.2, 0.25) is 0 Å². The number of anilines is 1. The number of alkyl halides is 1. The van der Waals surface area contributed by atoms with Crippen LogP contribution in [0.25, 0.3) is 0 Å². The average Bonchev–Trinajstić information content (AvgIpc) is 2.72. The molecule has 0 aromatic heterocycles. The highest BCUT2D eigenvalue weighted by Crippen LogP contribution is 2.34. The van der Waals surface area contributed by atoms with Gasteiger partial charge in [-0.2, -0.15) is 0 Å². The molecule has 0 saturated carbocycles. The first-order valence-corrected chi connectivity index (χ1v) is 10.4. The van der Waals surface area contributed by atoms with Gasteiger partial charge in [0.2, 0.25) is 0 Å². The zero-order valence-electron chi connectivity index (χ0n) is 16.4. The number of hydrogen-bond donors (Lipinski definition) is 1. The zero-order valence-corrected chi connectivity index (χ0v) is 18.0. The van der Waals surface area contributed by atoms with Gasteiger partial charge in [-0.05, 0) is 45.0 Å². The van der Waals surface area contributed by atoms with E-state index in [0.29, 0.717) is 11.2 Å². The quantitative estimate of drug-likeness (QED) is 0.227. The van der Waals surface area contributed by atoms with Gasteiger partial charge in [-0.3, -0.25) is 4.90 Å². The smallest absolute Gasteiger partial charge is 0.179 e. The number of benzene rings is 3. The summed E-state index contributed by atoms with van der Waals surface area (Å²) < 4.78 is 0. The van der Waals surface area contributed by atoms with E-state index in [9.17, 15) is 5.11 Å². The Bertz CT molecular complexity index is 937. The minimum Gasteiger partial charge on any atom is -0.366 e. The van der Waals surface area contributed by atoms with Crippen molar-refractivity contribution in [2.75, 3.05) is 10.2 Å². The second-order valence-corrected chi connectivity index (χ2v) is 7.54. The summed E-state index contributed by atoms with van der Waals surface area (Å²) in [4.78, 5) is 6.69. The Hall–Kier alpha value is -2.43. The van der Waals surface area contributed by atoms with Gasteiger partial charge in [-0.15, -0.1) is 0 Å². The van der Waals surface area contributed by atoms with Gasteiger partial charge in [-0.25, -0.2) is 4.99 Å². The van der Waals surface area contributed by atoms with E-state index in [2.05, 4.69) is 29.8 Å². The monoisotopic (exact) mass is 436 g/mol. The van der Waals surface area contributed by atoms with Crippen molar-refractivity contribution in [1.29, 1.82) is 0 Å². The fraction of sp³-hybridized carbons (Fsp3) is 0.208. The number of hydrogen-bond acceptors (Lipinski definition) is 2. The lowest BCUT2D eigenvalue weighted by atomic mass is 10.0. The standard InChI is InChI=1S/C24H25BrN2O/c1-18-9-13-22(14-10-18)26-20(3)27(23-15-11-19(2)12-16-23)24(28,17-25)21-7-5-4-6-8-21/h4-16,28H,17H2,1-3H3. The molecule has 3 aromatic carbocycles. The van der Waals surface area contributed by atoms with Crippen LogP contribution >= 0.6 is 15.9 Å². The molecule has 0 radical (unpaired) electrons. The Morgan fingerprint density at radius 3 is 1.96 bits per heavy atom. The van der Waals surface area contributed by atoms with Crippen molar-refractivity contribution in [1.82, 2.24) is 0 Å². The summed E-state index contributed by atoms with van der Waals surface area (Å²) in [5.41, 5.74) is 3.60. The molecule has 0 amide bonds. The first-order chi connectivity index (χ1) is 13.4. The highest BCUT2D eigenvalue weighted by Gasteiger charge is 2.37. The van der Waals surface area contributed by atoms with E-state index in [1.807, 2.05) is 90.7 Å². The summed E-state index contributed by atoms with van der Waals surface area (Å²) >= 11 is 3.54. The SMILES string of the molecule is CC(=Nc1ccc(C)cc1)N(c1ccc(C)cc1)C(O)(CBr)c1ccccc1. The van der Waals surface area contributed by atoms with Crippen molar-refractivity contribution in [3.8, 4) is 0 Å². The Kier molecular flexibility index (Phi) is 6.32. The fourth-order valence-electron chi connectivity index (χ4n) is 3.19. The van der Waals surface area contributed by atoms with Crippen LogP contribution in [0.5, 0.6) is 0 Å². The first kappa shape index (κ1) is 20.3. The second-order valence-electron chi connectivity index (χ2n) is 6.98. The molecule has 144 valence electrons. The largest absolute Gasteiger partial charge is 0.366 e. The Balaban J connectivity index is 2.14. The third-order valence-electron chi connectivity index (χ3n) is 4.73. The lowest BCUT2D eigenvalue weighted by Crippen LogP contribution is -2.50. The van der Waals surface area contributed by atoms with Crippen molar-refractivity contribution in [3.05, 3.63) is 95.6 Å². The molecule has 0 heterocycles. The van der Waals surface area contributed by atoms with Crippen molar-refractivity contribution in [3.63, 3.8) is 0 Å². The molecular weight excluding hydrogens is 412 g/mol. The van der Waals surface area contributed by atoms with Gasteiger partial charge in [0.1, 0.15) is 5.84 Å². The van der Waals surface area contributed by atoms with Crippen molar-refractivity contribution >= 4 is 33.1 Å². The van der Waals surface area contributed by atoms with E-state index < -0.39 is 5.72 Å². The van der Waals surface area contributed by atoms with Crippen molar-refractivity contribution in [2.24, 2.45) is 4.99 Å². The molecule has 3 aromatic rings. The van der Waals surface area contributed by atoms with Crippen LogP contribution in [0.15, 0.2) is 83.9 Å². The Morgan fingerprint density at radius 2 is 1.43 bits per heavy atom. The van der Waals surface area contributed by atoms with E-state index in [4.69, 9.17) is 4.99 Å². The molecule has 0 bridgehead atoms. The molecule has 28 heavy (non-hydrogen) atoms. The molecule has 3 nitrogen and oxygen atoms in total. The second kappa shape index (κ2) is 8.72. The van der Waals surface area contributed by atoms with Crippen LogP contribution in [0.3, 0.4) is 0 Å². The van der Waals surface area contributed by atoms with E-state index in [1.54, 1.807) is 0 Å². The van der Waals surface area contributed by atoms with Gasteiger partial charge in [0.15, 0.2) is 5.72 Å². The topological polar surface area (TPSA) is 35.8 Å². The highest BCUT2D eigenvalue weighted by atomic mass is 79.9. The maximum atomic E-state index is 11.8. The van der Waals surface area contributed by atoms with Gasteiger partial charge in [0.05, 0.1) is 11.0 Å². The summed E-state index contributed by atoms with van der Waals surface area (Å²) in [6.07, 6.45) is 0. The molecule has 0 aliphatic carbocycles. The molecular formula is C24H25BrN2O. The van der Waals surface area contributed by atoms with E-state index >= 15 is 0 Å². The summed E-state index contributed by atoms with van der Waals surface area (Å²) in [6, 6.07) is 25.8. The number of halogens is 1. The molecule has 0 aliphatic rings. The minimum atomic E-state index is -1.28. The summed E-state index contributed by atoms with van der Waals surface area (Å²) in [5.74, 6) is 0.707. The molecule has 3 rings (SSSR count). The van der Waals surface area contributed by atoms with E-state index in [1.165, 1.54) is 11.1 Å². The molecule has 0 aliphatic heterocycles. The maximum Gasteiger partial charge on any atom is 0.179 e. The van der Waals surface area contributed by atoms with Gasteiger partial charge in [0, 0.05) is 11.3 Å². The van der Waals surface area contributed by atoms with Crippen molar-refractivity contribution in [2.45, 2.75) is 26.5 Å². The van der Waals surface area contributed by atoms with E-state index in [0.717, 1.165) is 16.9 Å². The number of aryl methyl sites for hydroxylation is 2. The maximum absolute atomic E-state index is 11.8. The van der Waals surface area contributed by atoms with Crippen LogP contribution in [-0.4, -0.2) is 16.3 Å². The lowest BCUT2D eigenvalue weighted by molar-refractivity contribution is 0.0740. The minimum absolute atomic E-state index is 0.332. The Morgan fingerprint density at radius 1 is 0.893 bits per heavy atom. The molecule has 1 atom stereocenters. The number of nitrogens with zero attached hydrogens (tertiary/aromatic N) is 2. The Labute approximate surface area is 175 Å². The molecule has 1 unspecified atom stereocenters. The van der Waals surface area contributed by atoms with Crippen LogP contribution in [0, 0.1) is 13.8 Å². The normalized spacial score (nSPS) is 13.8. The van der Waals surface area contributed by atoms with Gasteiger partial charge < -0.3 is 5.11 Å². The van der Waals surface area contributed by atoms with Crippen LogP contribution in [0.4, 0.5) is 11.4 Å². The summed E-state index contributed by atoms with van der Waals surface area (Å²) in [5, 5.41) is 12.1. The molecule has 1 N–H and O–H groups in total. The van der Waals surface area contributed by atoms with Crippen LogP contribution < -0.4 is 4.90 Å². The average molecular weight is 437 g/mol. The zero-order chi connectivity index (χ0) is 20.1. The summed E-state index contributed by atoms with van der Waals surface area (Å²) in [7, 11) is 0. The highest BCUT2D eigenvalue weighted by molar-refractivity contribution is 9.09. The predicted octanol–water partition coefficient (Wildman–Crippen LogP) is 6.10. The summed E-state index contributed by atoms with van der Waals surface area (Å²) in [6.45, 7) is 6.03. The first-order valence-electron chi connectivity index (χ1n) is 9.27. The number of rotatable bonds is 5. The fourth-order valence-corrected chi connectivity index (χ4v) is 3.76. The van der Waals surface area contributed by atoms with Crippen LogP contribution in [0.1, 0.15) is 23.6 Å². The number of aliphatic hydroxyl groups is 1. The predicted molar refractivity (Wildman–Crippen MR) is 122 cm³/mol. The number of amidine groups is 1. The van der Waals surface area contributed by atoms with Gasteiger partial charge >= 0.3 is 0 Å². The third-order valence-corrected chi connectivity index (χ3v) is 5.51. The molecule has 0 spiro atoms. The number of aliphatic imine (C=N–C) groups is 1.